The molecule has 1 aliphatic rings. The fraction of sp³-hybridized carbons (Fsp3) is 0.217. The van der Waals surface area contributed by atoms with E-state index in [1.807, 2.05) is 6.07 Å². The standard InChI is InChI=1S/C23H24O7P2/c24-16-23(17-27-31(25,28-18-23)21-12-6-2-7-13-21)19-29-32(26,22-14-8-3-9-15-22)30-20-10-4-1-5-11-20/h1-15,24H,16-19H2. The predicted molar refractivity (Wildman–Crippen MR) is 122 cm³/mol. The zero-order chi connectivity index (χ0) is 22.5. The summed E-state index contributed by atoms with van der Waals surface area (Å²) in [6.45, 7) is -0.731. The molecule has 1 unspecified atom stereocenters. The van der Waals surface area contributed by atoms with Crippen molar-refractivity contribution in [3.63, 3.8) is 0 Å². The van der Waals surface area contributed by atoms with Crippen molar-refractivity contribution in [2.75, 3.05) is 26.4 Å². The van der Waals surface area contributed by atoms with Crippen LogP contribution in [0.1, 0.15) is 0 Å². The maximum Gasteiger partial charge on any atom is 0.410 e. The van der Waals surface area contributed by atoms with E-state index in [9.17, 15) is 14.2 Å². The molecule has 0 aliphatic carbocycles. The summed E-state index contributed by atoms with van der Waals surface area (Å²) < 4.78 is 49.7. The third-order valence-electron chi connectivity index (χ3n) is 5.07. The Morgan fingerprint density at radius 3 is 1.97 bits per heavy atom. The monoisotopic (exact) mass is 474 g/mol. The second-order valence-corrected chi connectivity index (χ2v) is 11.5. The lowest BCUT2D eigenvalue weighted by Gasteiger charge is -2.38. The molecule has 9 heteroatoms. The number of aliphatic hydroxyl groups excluding tert-OH is 1. The SMILES string of the molecule is O=P1(c2ccccc2)OCC(CO)(COP(=O)(Oc2ccccc2)c2ccccc2)CO1. The van der Waals surface area contributed by atoms with E-state index in [1.54, 1.807) is 84.9 Å². The van der Waals surface area contributed by atoms with Gasteiger partial charge in [0.15, 0.2) is 0 Å². The van der Waals surface area contributed by atoms with E-state index in [0.717, 1.165) is 0 Å². The molecule has 0 saturated carbocycles. The molecule has 0 bridgehead atoms. The Hall–Kier alpha value is -2.24. The first kappa shape index (κ1) is 22.9. The number of para-hydroxylation sites is 1. The Balaban J connectivity index is 1.52. The number of hydrogen-bond acceptors (Lipinski definition) is 7. The van der Waals surface area contributed by atoms with Crippen LogP contribution in [0.5, 0.6) is 5.75 Å². The van der Waals surface area contributed by atoms with Crippen LogP contribution in [0.15, 0.2) is 91.0 Å². The smallest absolute Gasteiger partial charge is 0.410 e. The average Bonchev–Trinajstić information content (AvgIpc) is 2.86. The van der Waals surface area contributed by atoms with Crippen LogP contribution in [0.3, 0.4) is 0 Å². The van der Waals surface area contributed by atoms with Gasteiger partial charge in [0.1, 0.15) is 5.75 Å². The Kier molecular flexibility index (Phi) is 6.96. The highest BCUT2D eigenvalue weighted by Gasteiger charge is 2.45. The molecule has 0 radical (unpaired) electrons. The van der Waals surface area contributed by atoms with Crippen LogP contribution in [-0.4, -0.2) is 31.5 Å². The van der Waals surface area contributed by atoms with E-state index in [1.165, 1.54) is 0 Å². The molecule has 3 aromatic carbocycles. The molecule has 0 spiro atoms. The van der Waals surface area contributed by atoms with Gasteiger partial charge in [-0.15, -0.1) is 0 Å². The number of benzene rings is 3. The van der Waals surface area contributed by atoms with Crippen molar-refractivity contribution < 1.29 is 32.3 Å². The largest absolute Gasteiger partial charge is 0.421 e. The van der Waals surface area contributed by atoms with Gasteiger partial charge in [-0.1, -0.05) is 54.6 Å². The Labute approximate surface area is 187 Å². The van der Waals surface area contributed by atoms with Gasteiger partial charge in [-0.25, -0.2) is 4.57 Å². The molecule has 32 heavy (non-hydrogen) atoms. The molecule has 1 heterocycles. The van der Waals surface area contributed by atoms with E-state index in [2.05, 4.69) is 0 Å². The van der Waals surface area contributed by atoms with Gasteiger partial charge in [0.25, 0.3) is 0 Å². The lowest BCUT2D eigenvalue weighted by molar-refractivity contribution is -0.0447. The fourth-order valence-corrected chi connectivity index (χ4v) is 6.59. The summed E-state index contributed by atoms with van der Waals surface area (Å²) in [6.07, 6.45) is 0. The summed E-state index contributed by atoms with van der Waals surface area (Å²) in [4.78, 5) is 0. The predicted octanol–water partition coefficient (Wildman–Crippen LogP) is 4.14. The first-order chi connectivity index (χ1) is 15.5. The van der Waals surface area contributed by atoms with E-state index < -0.39 is 20.6 Å². The summed E-state index contributed by atoms with van der Waals surface area (Å²) >= 11 is 0. The van der Waals surface area contributed by atoms with Crippen LogP contribution in [0.4, 0.5) is 0 Å². The molecule has 7 nitrogen and oxygen atoms in total. The topological polar surface area (TPSA) is 91.3 Å². The van der Waals surface area contributed by atoms with Gasteiger partial charge >= 0.3 is 15.2 Å². The molecule has 0 aromatic heterocycles. The molecule has 1 saturated heterocycles. The molecule has 1 aliphatic heterocycles. The summed E-state index contributed by atoms with van der Waals surface area (Å²) in [5, 5.41) is 10.9. The van der Waals surface area contributed by atoms with Crippen LogP contribution in [-0.2, 0) is 22.7 Å². The van der Waals surface area contributed by atoms with E-state index in [0.29, 0.717) is 16.4 Å². The zero-order valence-electron chi connectivity index (χ0n) is 17.3. The van der Waals surface area contributed by atoms with E-state index >= 15 is 0 Å². The first-order valence-electron chi connectivity index (χ1n) is 10.1. The maximum absolute atomic E-state index is 13.8. The van der Waals surface area contributed by atoms with Gasteiger partial charge in [-0.2, -0.15) is 0 Å². The molecule has 0 amide bonds. The molecule has 168 valence electrons. The van der Waals surface area contributed by atoms with Gasteiger partial charge < -0.3 is 18.7 Å². The molecule has 1 N–H and O–H groups in total. The fourth-order valence-electron chi connectivity index (χ4n) is 3.11. The highest BCUT2D eigenvalue weighted by molar-refractivity contribution is 7.62. The molecule has 1 atom stereocenters. The summed E-state index contributed by atoms with van der Waals surface area (Å²) in [7, 11) is -7.30. The van der Waals surface area contributed by atoms with Crippen LogP contribution in [0.25, 0.3) is 0 Å². The normalized spacial score (nSPS) is 25.0. The van der Waals surface area contributed by atoms with Crippen LogP contribution in [0, 0.1) is 5.41 Å². The molecule has 4 rings (SSSR count). The second-order valence-electron chi connectivity index (χ2n) is 7.55. The number of rotatable bonds is 8. The van der Waals surface area contributed by atoms with E-state index in [-0.39, 0.29) is 26.4 Å². The second kappa shape index (κ2) is 9.72. The third kappa shape index (κ3) is 5.05. The van der Waals surface area contributed by atoms with Crippen LogP contribution >= 0.6 is 15.2 Å². The van der Waals surface area contributed by atoms with Gasteiger partial charge in [-0.3, -0.25) is 9.09 Å². The summed E-state index contributed by atoms with van der Waals surface area (Å²) in [5.41, 5.74) is -1.05. The van der Waals surface area contributed by atoms with Gasteiger partial charge in [0.2, 0.25) is 0 Å². The number of aliphatic hydroxyl groups is 1. The van der Waals surface area contributed by atoms with Gasteiger partial charge in [-0.05, 0) is 36.4 Å². The van der Waals surface area contributed by atoms with Crippen molar-refractivity contribution in [1.29, 1.82) is 0 Å². The Bertz CT molecular complexity index is 1090. The van der Waals surface area contributed by atoms with Crippen molar-refractivity contribution in [3.05, 3.63) is 91.0 Å². The van der Waals surface area contributed by atoms with Crippen molar-refractivity contribution in [2.24, 2.45) is 5.41 Å². The summed E-state index contributed by atoms with van der Waals surface area (Å²) in [5.74, 6) is 0.391. The summed E-state index contributed by atoms with van der Waals surface area (Å²) in [6, 6.07) is 26.0. The zero-order valence-corrected chi connectivity index (χ0v) is 19.1. The Morgan fingerprint density at radius 1 is 0.875 bits per heavy atom. The average molecular weight is 474 g/mol. The molecule has 1 fully saturated rings. The van der Waals surface area contributed by atoms with Crippen LogP contribution in [0.2, 0.25) is 0 Å². The molecule has 3 aromatic rings. The quantitative estimate of drug-likeness (QED) is 0.491. The van der Waals surface area contributed by atoms with E-state index in [4.69, 9.17) is 18.1 Å². The first-order valence-corrected chi connectivity index (χ1v) is 13.2. The minimum absolute atomic E-state index is 0.0875. The van der Waals surface area contributed by atoms with Crippen molar-refractivity contribution in [2.45, 2.75) is 0 Å². The third-order valence-corrected chi connectivity index (χ3v) is 8.79. The van der Waals surface area contributed by atoms with Crippen molar-refractivity contribution in [1.82, 2.24) is 0 Å². The highest BCUT2D eigenvalue weighted by Crippen LogP contribution is 2.54. The highest BCUT2D eigenvalue weighted by atomic mass is 31.2. The minimum atomic E-state index is -3.80. The van der Waals surface area contributed by atoms with Gasteiger partial charge in [0, 0.05) is 0 Å². The van der Waals surface area contributed by atoms with Crippen molar-refractivity contribution in [3.8, 4) is 5.75 Å². The molecular formula is C23H24O7P2. The Morgan fingerprint density at radius 2 is 1.41 bits per heavy atom. The number of hydrogen-bond donors (Lipinski definition) is 1. The van der Waals surface area contributed by atoms with Crippen LogP contribution < -0.4 is 15.1 Å². The maximum atomic E-state index is 13.8. The molecular weight excluding hydrogens is 450 g/mol. The lowest BCUT2D eigenvalue weighted by Crippen LogP contribution is -2.44. The van der Waals surface area contributed by atoms with Crippen molar-refractivity contribution >= 4 is 25.8 Å². The van der Waals surface area contributed by atoms with Gasteiger partial charge in [0.05, 0.1) is 42.5 Å². The lowest BCUT2D eigenvalue weighted by atomic mass is 9.93. The minimum Gasteiger partial charge on any atom is -0.421 e.